The monoisotopic (exact) mass is 172 g/mol. The summed E-state index contributed by atoms with van der Waals surface area (Å²) >= 11 is 0. The van der Waals surface area contributed by atoms with Crippen LogP contribution in [0.2, 0.25) is 0 Å². The van der Waals surface area contributed by atoms with Crippen molar-refractivity contribution >= 4 is 11.8 Å². The number of urea groups is 1. The SMILES string of the molecule is CCNC(=O)NCC(=O)C(C)C. The van der Waals surface area contributed by atoms with Gasteiger partial charge in [-0.1, -0.05) is 13.8 Å². The number of hydrogen-bond acceptors (Lipinski definition) is 2. The second-order valence-corrected chi connectivity index (χ2v) is 2.83. The van der Waals surface area contributed by atoms with Crippen molar-refractivity contribution in [3.05, 3.63) is 0 Å². The Hall–Kier alpha value is -1.06. The molecule has 2 amide bonds. The van der Waals surface area contributed by atoms with Crippen molar-refractivity contribution in [3.8, 4) is 0 Å². The average Bonchev–Trinajstić information content (AvgIpc) is 2.00. The number of Topliss-reactive ketones (excluding diaryl/α,β-unsaturated/α-hetero) is 1. The van der Waals surface area contributed by atoms with E-state index in [1.54, 1.807) is 0 Å². The Bertz CT molecular complexity index is 166. The van der Waals surface area contributed by atoms with Gasteiger partial charge in [0.1, 0.15) is 0 Å². The van der Waals surface area contributed by atoms with Crippen LogP contribution >= 0.6 is 0 Å². The maximum Gasteiger partial charge on any atom is 0.315 e. The molecule has 0 aliphatic heterocycles. The average molecular weight is 172 g/mol. The minimum Gasteiger partial charge on any atom is -0.338 e. The lowest BCUT2D eigenvalue weighted by atomic mass is 10.1. The first kappa shape index (κ1) is 10.9. The van der Waals surface area contributed by atoms with E-state index in [-0.39, 0.29) is 24.3 Å². The molecule has 0 unspecified atom stereocenters. The highest BCUT2D eigenvalue weighted by Gasteiger charge is 2.07. The molecule has 0 fully saturated rings. The lowest BCUT2D eigenvalue weighted by molar-refractivity contribution is -0.120. The summed E-state index contributed by atoms with van der Waals surface area (Å²) < 4.78 is 0. The summed E-state index contributed by atoms with van der Waals surface area (Å²) in [5.41, 5.74) is 0. The van der Waals surface area contributed by atoms with Crippen LogP contribution in [0.4, 0.5) is 4.79 Å². The topological polar surface area (TPSA) is 58.2 Å². The molecule has 0 aromatic carbocycles. The second-order valence-electron chi connectivity index (χ2n) is 2.83. The number of carbonyl (C=O) groups excluding carboxylic acids is 2. The zero-order chi connectivity index (χ0) is 9.56. The van der Waals surface area contributed by atoms with Crippen molar-refractivity contribution in [1.82, 2.24) is 10.6 Å². The van der Waals surface area contributed by atoms with Crippen molar-refractivity contribution in [2.75, 3.05) is 13.1 Å². The molecule has 0 atom stereocenters. The fourth-order valence-corrected chi connectivity index (χ4v) is 0.595. The van der Waals surface area contributed by atoms with Crippen LogP contribution < -0.4 is 10.6 Å². The predicted molar refractivity (Wildman–Crippen MR) is 46.9 cm³/mol. The third-order valence-electron chi connectivity index (χ3n) is 1.40. The molecule has 0 aromatic heterocycles. The van der Waals surface area contributed by atoms with Gasteiger partial charge in [0.15, 0.2) is 5.78 Å². The molecule has 0 heterocycles. The lowest BCUT2D eigenvalue weighted by Crippen LogP contribution is -2.39. The van der Waals surface area contributed by atoms with Crippen LogP contribution in [0.3, 0.4) is 0 Å². The summed E-state index contributed by atoms with van der Waals surface area (Å²) in [4.78, 5) is 21.8. The Morgan fingerprint density at radius 2 is 1.83 bits per heavy atom. The fourth-order valence-electron chi connectivity index (χ4n) is 0.595. The minimum absolute atomic E-state index is 0.0214. The first-order valence-electron chi connectivity index (χ1n) is 4.12. The van der Waals surface area contributed by atoms with E-state index in [4.69, 9.17) is 0 Å². The Morgan fingerprint density at radius 1 is 1.25 bits per heavy atom. The van der Waals surface area contributed by atoms with Crippen molar-refractivity contribution in [1.29, 1.82) is 0 Å². The molecular weight excluding hydrogens is 156 g/mol. The molecule has 0 spiro atoms. The van der Waals surface area contributed by atoms with Crippen molar-refractivity contribution in [2.45, 2.75) is 20.8 Å². The molecule has 0 bridgehead atoms. The third kappa shape index (κ3) is 4.71. The fraction of sp³-hybridized carbons (Fsp3) is 0.750. The Labute approximate surface area is 72.7 Å². The first-order valence-corrected chi connectivity index (χ1v) is 4.12. The number of carbonyl (C=O) groups is 2. The van der Waals surface area contributed by atoms with Gasteiger partial charge in [-0.05, 0) is 6.92 Å². The van der Waals surface area contributed by atoms with E-state index >= 15 is 0 Å². The minimum atomic E-state index is -0.286. The van der Waals surface area contributed by atoms with E-state index in [2.05, 4.69) is 10.6 Å². The molecular formula is C8H16N2O2. The van der Waals surface area contributed by atoms with Crippen LogP contribution in [0.5, 0.6) is 0 Å². The summed E-state index contributed by atoms with van der Waals surface area (Å²) in [5.74, 6) is 0.0215. The first-order chi connectivity index (χ1) is 5.57. The molecule has 0 aliphatic carbocycles. The van der Waals surface area contributed by atoms with Crippen LogP contribution in [-0.2, 0) is 4.79 Å². The third-order valence-corrected chi connectivity index (χ3v) is 1.40. The molecule has 0 rings (SSSR count). The van der Waals surface area contributed by atoms with Crippen LogP contribution in [0.1, 0.15) is 20.8 Å². The second kappa shape index (κ2) is 5.57. The lowest BCUT2D eigenvalue weighted by Gasteiger charge is -2.06. The van der Waals surface area contributed by atoms with Gasteiger partial charge in [0.2, 0.25) is 0 Å². The number of rotatable bonds is 4. The van der Waals surface area contributed by atoms with Gasteiger partial charge in [0, 0.05) is 12.5 Å². The highest BCUT2D eigenvalue weighted by molar-refractivity contribution is 5.86. The summed E-state index contributed by atoms with van der Waals surface area (Å²) in [6, 6.07) is -0.286. The summed E-state index contributed by atoms with van der Waals surface area (Å²) in [6.45, 7) is 6.12. The molecule has 0 saturated carbocycles. The normalized spacial score (nSPS) is 9.67. The highest BCUT2D eigenvalue weighted by atomic mass is 16.2. The maximum absolute atomic E-state index is 11.0. The van der Waals surface area contributed by atoms with Crippen molar-refractivity contribution in [2.24, 2.45) is 5.92 Å². The van der Waals surface area contributed by atoms with Crippen LogP contribution in [0.15, 0.2) is 0 Å². The quantitative estimate of drug-likeness (QED) is 0.650. The smallest absolute Gasteiger partial charge is 0.315 e. The zero-order valence-electron chi connectivity index (χ0n) is 7.81. The Kier molecular flexibility index (Phi) is 5.08. The van der Waals surface area contributed by atoms with Crippen molar-refractivity contribution in [3.63, 3.8) is 0 Å². The maximum atomic E-state index is 11.0. The van der Waals surface area contributed by atoms with E-state index in [1.807, 2.05) is 20.8 Å². The van der Waals surface area contributed by atoms with Gasteiger partial charge in [0.25, 0.3) is 0 Å². The molecule has 0 aliphatic rings. The molecule has 0 saturated heterocycles. The van der Waals surface area contributed by atoms with E-state index in [1.165, 1.54) is 0 Å². The van der Waals surface area contributed by atoms with E-state index in [0.29, 0.717) is 6.54 Å². The predicted octanol–water partition coefficient (Wildman–Crippen LogP) is 0.531. The molecule has 0 radical (unpaired) electrons. The van der Waals surface area contributed by atoms with E-state index < -0.39 is 0 Å². The van der Waals surface area contributed by atoms with Gasteiger partial charge in [-0.25, -0.2) is 4.79 Å². The molecule has 70 valence electrons. The zero-order valence-corrected chi connectivity index (χ0v) is 7.81. The van der Waals surface area contributed by atoms with Gasteiger partial charge >= 0.3 is 6.03 Å². The van der Waals surface area contributed by atoms with E-state index in [9.17, 15) is 9.59 Å². The molecule has 0 aromatic rings. The number of amides is 2. The van der Waals surface area contributed by atoms with Gasteiger partial charge in [-0.3, -0.25) is 4.79 Å². The van der Waals surface area contributed by atoms with Crippen molar-refractivity contribution < 1.29 is 9.59 Å². The molecule has 4 nitrogen and oxygen atoms in total. The van der Waals surface area contributed by atoms with Gasteiger partial charge < -0.3 is 10.6 Å². The summed E-state index contributed by atoms with van der Waals surface area (Å²) in [6.07, 6.45) is 0. The van der Waals surface area contributed by atoms with E-state index in [0.717, 1.165) is 0 Å². The van der Waals surface area contributed by atoms with Crippen LogP contribution in [0, 0.1) is 5.92 Å². The van der Waals surface area contributed by atoms with Gasteiger partial charge in [0.05, 0.1) is 6.54 Å². The molecule has 4 heteroatoms. The Balaban J connectivity index is 3.54. The number of hydrogen-bond donors (Lipinski definition) is 2. The number of nitrogens with one attached hydrogen (secondary N) is 2. The highest BCUT2D eigenvalue weighted by Crippen LogP contribution is 1.91. The largest absolute Gasteiger partial charge is 0.338 e. The Morgan fingerprint density at radius 3 is 2.25 bits per heavy atom. The molecule has 12 heavy (non-hydrogen) atoms. The summed E-state index contributed by atoms with van der Waals surface area (Å²) in [5, 5.41) is 5.00. The summed E-state index contributed by atoms with van der Waals surface area (Å²) in [7, 11) is 0. The van der Waals surface area contributed by atoms with Gasteiger partial charge in [-0.2, -0.15) is 0 Å². The molecule has 2 N–H and O–H groups in total. The van der Waals surface area contributed by atoms with Crippen LogP contribution in [-0.4, -0.2) is 24.9 Å². The van der Waals surface area contributed by atoms with Crippen LogP contribution in [0.25, 0.3) is 0 Å². The number of ketones is 1. The van der Waals surface area contributed by atoms with Gasteiger partial charge in [-0.15, -0.1) is 0 Å². The standard InChI is InChI=1S/C8H16N2O2/c1-4-9-8(12)10-5-7(11)6(2)3/h6H,4-5H2,1-3H3,(H2,9,10,12).